The van der Waals surface area contributed by atoms with E-state index in [4.69, 9.17) is 4.98 Å². The molecule has 2 aliphatic heterocycles. The van der Waals surface area contributed by atoms with Gasteiger partial charge in [0, 0.05) is 37.8 Å². The van der Waals surface area contributed by atoms with Crippen molar-refractivity contribution >= 4 is 5.69 Å². The monoisotopic (exact) mass is 319 g/mol. The minimum absolute atomic E-state index is 0.250. The Morgan fingerprint density at radius 3 is 2.75 bits per heavy atom. The van der Waals surface area contributed by atoms with Crippen molar-refractivity contribution in [2.45, 2.75) is 31.2 Å². The highest BCUT2D eigenvalue weighted by molar-refractivity contribution is 5.60. The van der Waals surface area contributed by atoms with E-state index in [1.54, 1.807) is 0 Å². The average Bonchev–Trinajstić information content (AvgIpc) is 3.27. The van der Waals surface area contributed by atoms with Crippen molar-refractivity contribution in [3.8, 4) is 0 Å². The molecule has 1 saturated heterocycles. The second-order valence-electron chi connectivity index (χ2n) is 7.92. The third-order valence-electron chi connectivity index (χ3n) is 5.99. The van der Waals surface area contributed by atoms with Gasteiger partial charge in [0.15, 0.2) is 0 Å². The van der Waals surface area contributed by atoms with Crippen LogP contribution in [-0.2, 0) is 12.0 Å². The molecule has 3 heterocycles. The second-order valence-corrected chi connectivity index (χ2v) is 7.92. The molecule has 0 bridgehead atoms. The first-order valence-electron chi connectivity index (χ1n) is 9.29. The fraction of sp³-hybridized carbons (Fsp3) is 0.476. The molecule has 0 N–H and O–H groups in total. The molecule has 0 unspecified atom stereocenters. The van der Waals surface area contributed by atoms with E-state index in [0.29, 0.717) is 0 Å². The molecule has 1 aromatic carbocycles. The summed E-state index contributed by atoms with van der Waals surface area (Å²) in [5.41, 5.74) is 4.34. The van der Waals surface area contributed by atoms with Crippen molar-refractivity contribution in [3.63, 3.8) is 0 Å². The van der Waals surface area contributed by atoms with Gasteiger partial charge in [-0.05, 0) is 49.4 Å². The van der Waals surface area contributed by atoms with Crippen LogP contribution in [0.25, 0.3) is 0 Å². The van der Waals surface area contributed by atoms with Gasteiger partial charge in [-0.25, -0.2) is 0 Å². The largest absolute Gasteiger partial charge is 0.365 e. The summed E-state index contributed by atoms with van der Waals surface area (Å²) in [5.74, 6) is 0.977. The number of nitrogens with zero attached hydrogens (tertiary/aromatic N) is 3. The predicted octanol–water partition coefficient (Wildman–Crippen LogP) is 3.46. The Hall–Kier alpha value is -1.87. The van der Waals surface area contributed by atoms with Crippen molar-refractivity contribution in [3.05, 3.63) is 59.9 Å². The molecule has 2 aromatic rings. The van der Waals surface area contributed by atoms with Gasteiger partial charge in [0.25, 0.3) is 0 Å². The smallest absolute Gasteiger partial charge is 0.0729 e. The molecule has 1 spiro atoms. The lowest BCUT2D eigenvalue weighted by Gasteiger charge is -2.26. The molecule has 24 heavy (non-hydrogen) atoms. The van der Waals surface area contributed by atoms with E-state index in [-0.39, 0.29) is 5.41 Å². The minimum Gasteiger partial charge on any atom is -0.365 e. The molecular formula is C21H25N3. The van der Waals surface area contributed by atoms with Gasteiger partial charge >= 0.3 is 0 Å². The Morgan fingerprint density at radius 2 is 1.92 bits per heavy atom. The van der Waals surface area contributed by atoms with Crippen LogP contribution in [0.3, 0.4) is 0 Å². The van der Waals surface area contributed by atoms with Crippen LogP contribution in [0.5, 0.6) is 0 Å². The number of benzene rings is 1. The normalized spacial score (nSPS) is 26.2. The first kappa shape index (κ1) is 14.5. The number of aromatic nitrogens is 1. The molecule has 3 aliphatic rings. The molecule has 124 valence electrons. The van der Waals surface area contributed by atoms with Gasteiger partial charge in [-0.15, -0.1) is 0 Å². The first-order valence-corrected chi connectivity index (χ1v) is 9.29. The molecule has 2 fully saturated rings. The summed E-state index contributed by atoms with van der Waals surface area (Å²) in [6.45, 7) is 5.85. The number of hydrogen-bond acceptors (Lipinski definition) is 3. The number of rotatable bonds is 4. The zero-order valence-corrected chi connectivity index (χ0v) is 14.2. The summed E-state index contributed by atoms with van der Waals surface area (Å²) < 4.78 is 0. The molecule has 1 atom stereocenters. The van der Waals surface area contributed by atoms with Gasteiger partial charge in [0.2, 0.25) is 0 Å². The Balaban J connectivity index is 1.41. The van der Waals surface area contributed by atoms with E-state index in [1.165, 1.54) is 55.8 Å². The maximum absolute atomic E-state index is 4.85. The number of pyridine rings is 1. The minimum atomic E-state index is 0.250. The van der Waals surface area contributed by atoms with E-state index in [2.05, 4.69) is 52.3 Å². The van der Waals surface area contributed by atoms with Gasteiger partial charge in [-0.1, -0.05) is 30.3 Å². The number of fused-ring (bicyclic) bond motifs is 2. The van der Waals surface area contributed by atoms with Crippen molar-refractivity contribution in [2.24, 2.45) is 5.92 Å². The van der Waals surface area contributed by atoms with Gasteiger partial charge < -0.3 is 9.80 Å². The van der Waals surface area contributed by atoms with Crippen molar-refractivity contribution in [2.75, 3.05) is 31.1 Å². The lowest BCUT2D eigenvalue weighted by molar-refractivity contribution is 0.300. The summed E-state index contributed by atoms with van der Waals surface area (Å²) >= 11 is 0. The summed E-state index contributed by atoms with van der Waals surface area (Å²) in [6, 6.07) is 15.2. The summed E-state index contributed by atoms with van der Waals surface area (Å²) in [4.78, 5) is 10.1. The third kappa shape index (κ3) is 2.51. The maximum Gasteiger partial charge on any atom is 0.0729 e. The average molecular weight is 319 g/mol. The quantitative estimate of drug-likeness (QED) is 0.860. The second kappa shape index (κ2) is 5.59. The number of anilines is 1. The van der Waals surface area contributed by atoms with Gasteiger partial charge in [0.1, 0.15) is 0 Å². The molecular weight excluding hydrogens is 294 g/mol. The lowest BCUT2D eigenvalue weighted by atomic mass is 9.85. The molecule has 0 amide bonds. The zero-order chi connectivity index (χ0) is 16.0. The summed E-state index contributed by atoms with van der Waals surface area (Å²) in [7, 11) is 0. The molecule has 1 aromatic heterocycles. The molecule has 1 saturated carbocycles. The van der Waals surface area contributed by atoms with Crippen LogP contribution in [-0.4, -0.2) is 36.1 Å². The van der Waals surface area contributed by atoms with Gasteiger partial charge in [-0.3, -0.25) is 4.98 Å². The molecule has 0 radical (unpaired) electrons. The Morgan fingerprint density at radius 1 is 1.04 bits per heavy atom. The Kier molecular flexibility index (Phi) is 3.37. The van der Waals surface area contributed by atoms with Crippen LogP contribution in [0.4, 0.5) is 5.69 Å². The van der Waals surface area contributed by atoms with E-state index >= 15 is 0 Å². The highest BCUT2D eigenvalue weighted by Crippen LogP contribution is 2.46. The van der Waals surface area contributed by atoms with E-state index in [1.807, 2.05) is 6.20 Å². The Labute approximate surface area is 144 Å². The SMILES string of the molecule is c1ccc(CN2C[C@]3(CCN(CC4CC4)C3)c3ncccc32)cc1. The van der Waals surface area contributed by atoms with E-state index in [9.17, 15) is 0 Å². The van der Waals surface area contributed by atoms with Crippen LogP contribution >= 0.6 is 0 Å². The van der Waals surface area contributed by atoms with Crippen molar-refractivity contribution in [1.29, 1.82) is 0 Å². The fourth-order valence-corrected chi connectivity index (χ4v) is 4.63. The van der Waals surface area contributed by atoms with Gasteiger partial charge in [0.05, 0.1) is 11.4 Å². The van der Waals surface area contributed by atoms with E-state index in [0.717, 1.165) is 19.0 Å². The molecule has 3 heteroatoms. The molecule has 5 rings (SSSR count). The summed E-state index contributed by atoms with van der Waals surface area (Å²) in [6.07, 6.45) is 6.13. The molecule has 3 nitrogen and oxygen atoms in total. The van der Waals surface area contributed by atoms with Gasteiger partial charge in [-0.2, -0.15) is 0 Å². The standard InChI is InChI=1S/C21H25N3/c1-2-5-17(6-3-1)14-24-16-21(20-19(24)7-4-11-22-20)10-12-23(15-21)13-18-8-9-18/h1-7,11,18H,8-10,12-16H2/t21-/m1/s1. The Bertz CT molecular complexity index is 725. The van der Waals surface area contributed by atoms with E-state index < -0.39 is 0 Å². The third-order valence-corrected chi connectivity index (χ3v) is 5.99. The maximum atomic E-state index is 4.85. The van der Waals surface area contributed by atoms with Crippen molar-refractivity contribution in [1.82, 2.24) is 9.88 Å². The van der Waals surface area contributed by atoms with Crippen LogP contribution in [0.1, 0.15) is 30.5 Å². The van der Waals surface area contributed by atoms with Crippen LogP contribution in [0.15, 0.2) is 48.7 Å². The fourth-order valence-electron chi connectivity index (χ4n) is 4.63. The number of likely N-dealkylation sites (tertiary alicyclic amines) is 1. The van der Waals surface area contributed by atoms with Crippen molar-refractivity contribution < 1.29 is 0 Å². The summed E-state index contributed by atoms with van der Waals surface area (Å²) in [5, 5.41) is 0. The highest BCUT2D eigenvalue weighted by atomic mass is 15.2. The number of hydrogen-bond donors (Lipinski definition) is 0. The predicted molar refractivity (Wildman–Crippen MR) is 97.2 cm³/mol. The first-order chi connectivity index (χ1) is 11.8. The van der Waals surface area contributed by atoms with Crippen LogP contribution in [0, 0.1) is 5.92 Å². The molecule has 1 aliphatic carbocycles. The van der Waals surface area contributed by atoms with Crippen LogP contribution in [0.2, 0.25) is 0 Å². The van der Waals surface area contributed by atoms with Crippen LogP contribution < -0.4 is 4.90 Å². The lowest BCUT2D eigenvalue weighted by Crippen LogP contribution is -2.37. The topological polar surface area (TPSA) is 19.4 Å². The zero-order valence-electron chi connectivity index (χ0n) is 14.2. The highest BCUT2D eigenvalue weighted by Gasteiger charge is 2.48.